The number of halogens is 1. The van der Waals surface area contributed by atoms with Gasteiger partial charge in [0.2, 0.25) is 0 Å². The Bertz CT molecular complexity index is 659. The first kappa shape index (κ1) is 14.1. The van der Waals surface area contributed by atoms with E-state index in [0.29, 0.717) is 16.1 Å². The van der Waals surface area contributed by atoms with Crippen LogP contribution in [0.25, 0.3) is 0 Å². The second-order valence-corrected chi connectivity index (χ2v) is 4.88. The number of rotatable bonds is 3. The van der Waals surface area contributed by atoms with E-state index in [9.17, 15) is 4.79 Å². The molecule has 0 aliphatic heterocycles. The van der Waals surface area contributed by atoms with Crippen molar-refractivity contribution in [3.05, 3.63) is 70.2 Å². The topological polar surface area (TPSA) is 52.9 Å². The van der Waals surface area contributed by atoms with Crippen LogP contribution in [0.5, 0.6) is 0 Å². The molecule has 1 amide bonds. The zero-order valence-corrected chi connectivity index (χ0v) is 11.7. The van der Waals surface area contributed by atoms with Crippen LogP contribution in [0.15, 0.2) is 48.5 Å². The maximum absolute atomic E-state index is 12.1. The molecule has 0 aromatic heterocycles. The molecule has 0 bridgehead atoms. The molecule has 0 saturated carbocycles. The summed E-state index contributed by atoms with van der Waals surface area (Å²) in [6.45, 7) is 1.90. The van der Waals surface area contributed by atoms with Crippen molar-refractivity contribution in [1.29, 1.82) is 5.26 Å². The molecule has 20 heavy (non-hydrogen) atoms. The number of carbonyl (C=O) groups is 1. The number of benzene rings is 2. The third kappa shape index (κ3) is 3.37. The van der Waals surface area contributed by atoms with Crippen LogP contribution < -0.4 is 5.32 Å². The van der Waals surface area contributed by atoms with Crippen LogP contribution in [0.1, 0.15) is 34.5 Å². The summed E-state index contributed by atoms with van der Waals surface area (Å²) in [5, 5.41) is 12.4. The second-order valence-electron chi connectivity index (χ2n) is 4.44. The highest BCUT2D eigenvalue weighted by Crippen LogP contribution is 2.16. The van der Waals surface area contributed by atoms with E-state index < -0.39 is 0 Å². The zero-order chi connectivity index (χ0) is 14.5. The van der Waals surface area contributed by atoms with Crippen molar-refractivity contribution in [3.63, 3.8) is 0 Å². The first-order valence-corrected chi connectivity index (χ1v) is 6.54. The minimum absolute atomic E-state index is 0.134. The number of carbonyl (C=O) groups excluding carboxylic acids is 1. The maximum Gasteiger partial charge on any atom is 0.251 e. The molecule has 1 unspecified atom stereocenters. The molecular weight excluding hydrogens is 272 g/mol. The van der Waals surface area contributed by atoms with Crippen LogP contribution in [-0.2, 0) is 0 Å². The van der Waals surface area contributed by atoms with Gasteiger partial charge in [-0.1, -0.05) is 29.8 Å². The summed E-state index contributed by atoms with van der Waals surface area (Å²) in [7, 11) is 0. The van der Waals surface area contributed by atoms with Gasteiger partial charge in [-0.25, -0.2) is 0 Å². The van der Waals surface area contributed by atoms with Crippen molar-refractivity contribution in [2.24, 2.45) is 0 Å². The highest BCUT2D eigenvalue weighted by molar-refractivity contribution is 6.30. The van der Waals surface area contributed by atoms with E-state index in [4.69, 9.17) is 16.9 Å². The van der Waals surface area contributed by atoms with Gasteiger partial charge in [-0.2, -0.15) is 5.26 Å². The van der Waals surface area contributed by atoms with Crippen LogP contribution in [0.2, 0.25) is 5.02 Å². The summed E-state index contributed by atoms with van der Waals surface area (Å²) >= 11 is 5.83. The SMILES string of the molecule is CC(NC(=O)c1cccc(C#N)c1)c1ccc(Cl)cc1. The molecule has 2 aromatic carbocycles. The van der Waals surface area contributed by atoms with Crippen molar-refractivity contribution in [2.45, 2.75) is 13.0 Å². The Labute approximate surface area is 122 Å². The van der Waals surface area contributed by atoms with E-state index in [1.54, 1.807) is 36.4 Å². The molecule has 1 atom stereocenters. The number of amides is 1. The van der Waals surface area contributed by atoms with E-state index in [0.717, 1.165) is 5.56 Å². The van der Waals surface area contributed by atoms with Gasteiger partial charge in [-0.05, 0) is 42.8 Å². The molecule has 0 saturated heterocycles. The first-order chi connectivity index (χ1) is 9.60. The Kier molecular flexibility index (Phi) is 4.39. The lowest BCUT2D eigenvalue weighted by molar-refractivity contribution is 0.0940. The Morgan fingerprint density at radius 2 is 1.95 bits per heavy atom. The first-order valence-electron chi connectivity index (χ1n) is 6.16. The molecule has 3 nitrogen and oxygen atoms in total. The Morgan fingerprint density at radius 3 is 2.60 bits per heavy atom. The molecule has 0 heterocycles. The summed E-state index contributed by atoms with van der Waals surface area (Å²) < 4.78 is 0. The van der Waals surface area contributed by atoms with Crippen molar-refractivity contribution < 1.29 is 4.79 Å². The normalized spacial score (nSPS) is 11.4. The number of nitrogens with zero attached hydrogens (tertiary/aromatic N) is 1. The summed E-state index contributed by atoms with van der Waals surface area (Å²) in [6.07, 6.45) is 0. The lowest BCUT2D eigenvalue weighted by atomic mass is 10.1. The third-order valence-electron chi connectivity index (χ3n) is 2.97. The van der Waals surface area contributed by atoms with E-state index in [2.05, 4.69) is 5.32 Å². The largest absolute Gasteiger partial charge is 0.346 e. The fourth-order valence-electron chi connectivity index (χ4n) is 1.84. The van der Waals surface area contributed by atoms with Gasteiger partial charge in [0.15, 0.2) is 0 Å². The van der Waals surface area contributed by atoms with Crippen molar-refractivity contribution >= 4 is 17.5 Å². The van der Waals surface area contributed by atoms with Gasteiger partial charge in [-0.15, -0.1) is 0 Å². The summed E-state index contributed by atoms with van der Waals surface area (Å²) in [5.74, 6) is -0.204. The average molecular weight is 285 g/mol. The molecule has 2 aromatic rings. The van der Waals surface area contributed by atoms with Crippen molar-refractivity contribution in [2.75, 3.05) is 0 Å². The molecule has 2 rings (SSSR count). The summed E-state index contributed by atoms with van der Waals surface area (Å²) in [5.41, 5.74) is 1.92. The smallest absolute Gasteiger partial charge is 0.251 e. The highest BCUT2D eigenvalue weighted by atomic mass is 35.5. The van der Waals surface area contributed by atoms with Crippen LogP contribution in [0, 0.1) is 11.3 Å². The monoisotopic (exact) mass is 284 g/mol. The van der Waals surface area contributed by atoms with Crippen LogP contribution in [0.3, 0.4) is 0 Å². The Morgan fingerprint density at radius 1 is 1.25 bits per heavy atom. The Hall–Kier alpha value is -2.31. The van der Waals surface area contributed by atoms with Gasteiger partial charge in [0.1, 0.15) is 0 Å². The van der Waals surface area contributed by atoms with E-state index in [-0.39, 0.29) is 11.9 Å². The molecule has 0 spiro atoms. The number of hydrogen-bond acceptors (Lipinski definition) is 2. The summed E-state index contributed by atoms with van der Waals surface area (Å²) in [6, 6.07) is 15.8. The average Bonchev–Trinajstić information content (AvgIpc) is 2.47. The zero-order valence-electron chi connectivity index (χ0n) is 10.9. The minimum atomic E-state index is -0.204. The van der Waals surface area contributed by atoms with Gasteiger partial charge < -0.3 is 5.32 Å². The molecule has 0 fully saturated rings. The lowest BCUT2D eigenvalue weighted by Gasteiger charge is -2.14. The van der Waals surface area contributed by atoms with Gasteiger partial charge in [0.25, 0.3) is 5.91 Å². The Balaban J connectivity index is 2.11. The predicted octanol–water partition coefficient (Wildman–Crippen LogP) is 3.70. The van der Waals surface area contributed by atoms with Crippen LogP contribution in [0.4, 0.5) is 0 Å². The maximum atomic E-state index is 12.1. The number of nitrogens with one attached hydrogen (secondary N) is 1. The van der Waals surface area contributed by atoms with Crippen LogP contribution in [-0.4, -0.2) is 5.91 Å². The van der Waals surface area contributed by atoms with E-state index in [1.807, 2.05) is 25.1 Å². The standard InChI is InChI=1S/C16H13ClN2O/c1-11(13-5-7-15(17)8-6-13)19-16(20)14-4-2-3-12(9-14)10-18/h2-9,11H,1H3,(H,19,20). The molecular formula is C16H13ClN2O. The fraction of sp³-hybridized carbons (Fsp3) is 0.125. The third-order valence-corrected chi connectivity index (χ3v) is 3.22. The fourth-order valence-corrected chi connectivity index (χ4v) is 1.97. The number of nitriles is 1. The lowest BCUT2D eigenvalue weighted by Crippen LogP contribution is -2.26. The molecule has 0 aliphatic carbocycles. The summed E-state index contributed by atoms with van der Waals surface area (Å²) in [4.78, 5) is 12.1. The predicted molar refractivity (Wildman–Crippen MR) is 78.5 cm³/mol. The van der Waals surface area contributed by atoms with E-state index >= 15 is 0 Å². The van der Waals surface area contributed by atoms with Crippen molar-refractivity contribution in [1.82, 2.24) is 5.32 Å². The molecule has 1 N–H and O–H groups in total. The van der Waals surface area contributed by atoms with Crippen LogP contribution >= 0.6 is 11.6 Å². The van der Waals surface area contributed by atoms with Gasteiger partial charge in [0, 0.05) is 10.6 Å². The highest BCUT2D eigenvalue weighted by Gasteiger charge is 2.11. The van der Waals surface area contributed by atoms with Gasteiger partial charge in [-0.3, -0.25) is 4.79 Å². The molecule has 100 valence electrons. The second kappa shape index (κ2) is 6.23. The number of hydrogen-bond donors (Lipinski definition) is 1. The molecule has 4 heteroatoms. The quantitative estimate of drug-likeness (QED) is 0.934. The van der Waals surface area contributed by atoms with Crippen molar-refractivity contribution in [3.8, 4) is 6.07 Å². The van der Waals surface area contributed by atoms with Gasteiger partial charge in [0.05, 0.1) is 17.7 Å². The van der Waals surface area contributed by atoms with Gasteiger partial charge >= 0.3 is 0 Å². The minimum Gasteiger partial charge on any atom is -0.346 e. The van der Waals surface area contributed by atoms with E-state index in [1.165, 1.54) is 0 Å². The molecule has 0 radical (unpaired) electrons. The molecule has 0 aliphatic rings.